The van der Waals surface area contributed by atoms with Gasteiger partial charge in [0.2, 0.25) is 0 Å². The van der Waals surface area contributed by atoms with Crippen molar-refractivity contribution < 1.29 is 13.2 Å². The van der Waals surface area contributed by atoms with E-state index in [-0.39, 0.29) is 0 Å². The number of ether oxygens (including phenoxy) is 1. The second-order valence-corrected chi connectivity index (χ2v) is 7.26. The van der Waals surface area contributed by atoms with Crippen molar-refractivity contribution >= 4 is 21.4 Å². The Kier molecular flexibility index (Phi) is 6.24. The summed E-state index contributed by atoms with van der Waals surface area (Å²) in [6.45, 7) is 4.35. The molecule has 5 nitrogen and oxygen atoms in total. The van der Waals surface area contributed by atoms with Crippen molar-refractivity contribution in [3.05, 3.63) is 17.0 Å². The van der Waals surface area contributed by atoms with Crippen molar-refractivity contribution in [1.82, 2.24) is 9.62 Å². The molecule has 0 aliphatic heterocycles. The van der Waals surface area contributed by atoms with E-state index >= 15 is 0 Å². The van der Waals surface area contributed by atoms with Crippen LogP contribution in [0.3, 0.4) is 0 Å². The Morgan fingerprint density at radius 3 is 2.78 bits per heavy atom. The van der Waals surface area contributed by atoms with Crippen LogP contribution in [-0.2, 0) is 21.3 Å². The molecule has 1 heterocycles. The highest BCUT2D eigenvalue weighted by Crippen LogP contribution is 2.24. The maximum absolute atomic E-state index is 12.2. The van der Waals surface area contributed by atoms with E-state index in [1.165, 1.54) is 15.6 Å². The maximum Gasteiger partial charge on any atom is 0.252 e. The van der Waals surface area contributed by atoms with Gasteiger partial charge in [0, 0.05) is 32.1 Å². The molecule has 1 aromatic heterocycles. The molecule has 0 spiro atoms. The molecule has 0 amide bonds. The monoisotopic (exact) mass is 292 g/mol. The number of thiophene rings is 1. The molecule has 0 radical (unpaired) electrons. The summed E-state index contributed by atoms with van der Waals surface area (Å²) in [5.41, 5.74) is 0. The first-order valence-corrected chi connectivity index (χ1v) is 8.02. The first kappa shape index (κ1) is 15.6. The Hall–Kier alpha value is -0.470. The SMILES string of the molecule is CCNCc1ccc(S(=O)(=O)N(C)CCOC)s1. The summed E-state index contributed by atoms with van der Waals surface area (Å²) in [5, 5.41) is 3.17. The smallest absolute Gasteiger partial charge is 0.252 e. The van der Waals surface area contributed by atoms with Crippen LogP contribution >= 0.6 is 11.3 Å². The zero-order chi connectivity index (χ0) is 13.6. The van der Waals surface area contributed by atoms with Gasteiger partial charge in [0.25, 0.3) is 10.0 Å². The van der Waals surface area contributed by atoms with Crippen LogP contribution in [-0.4, -0.2) is 46.6 Å². The van der Waals surface area contributed by atoms with E-state index in [2.05, 4.69) is 5.32 Å². The summed E-state index contributed by atoms with van der Waals surface area (Å²) in [5.74, 6) is 0. The summed E-state index contributed by atoms with van der Waals surface area (Å²) in [6.07, 6.45) is 0. The van der Waals surface area contributed by atoms with E-state index < -0.39 is 10.0 Å². The topological polar surface area (TPSA) is 58.6 Å². The zero-order valence-corrected chi connectivity index (χ0v) is 12.6. The molecule has 0 aromatic carbocycles. The Morgan fingerprint density at radius 2 is 2.17 bits per heavy atom. The van der Waals surface area contributed by atoms with E-state index in [0.29, 0.717) is 23.9 Å². The van der Waals surface area contributed by atoms with E-state index in [9.17, 15) is 8.42 Å². The molecule has 0 unspecified atom stereocenters. The average molecular weight is 292 g/mol. The van der Waals surface area contributed by atoms with E-state index in [4.69, 9.17) is 4.74 Å². The average Bonchev–Trinajstić information content (AvgIpc) is 2.82. The van der Waals surface area contributed by atoms with Gasteiger partial charge in [0.1, 0.15) is 4.21 Å². The fourth-order valence-electron chi connectivity index (χ4n) is 1.33. The lowest BCUT2D eigenvalue weighted by Gasteiger charge is -2.15. The Bertz CT molecular complexity index is 457. The fourth-order valence-corrected chi connectivity index (χ4v) is 4.02. The van der Waals surface area contributed by atoms with Crippen LogP contribution in [0.15, 0.2) is 16.3 Å². The first-order chi connectivity index (χ1) is 8.52. The maximum atomic E-state index is 12.2. The summed E-state index contributed by atoms with van der Waals surface area (Å²) in [7, 11) is -0.248. The molecule has 1 aromatic rings. The predicted octanol–water partition coefficient (Wildman–Crippen LogP) is 1.12. The number of sulfonamides is 1. The highest BCUT2D eigenvalue weighted by molar-refractivity contribution is 7.91. The number of methoxy groups -OCH3 is 1. The number of hydrogen-bond acceptors (Lipinski definition) is 5. The van der Waals surface area contributed by atoms with Gasteiger partial charge in [-0.2, -0.15) is 4.31 Å². The second kappa shape index (κ2) is 7.20. The molecule has 0 aliphatic carbocycles. The lowest BCUT2D eigenvalue weighted by molar-refractivity contribution is 0.185. The number of hydrogen-bond donors (Lipinski definition) is 1. The predicted molar refractivity (Wildman–Crippen MR) is 73.4 cm³/mol. The van der Waals surface area contributed by atoms with Crippen molar-refractivity contribution in [3.63, 3.8) is 0 Å². The lowest BCUT2D eigenvalue weighted by atomic mass is 10.4. The minimum atomic E-state index is -3.37. The number of nitrogens with zero attached hydrogens (tertiary/aromatic N) is 1. The molecule has 0 saturated heterocycles. The second-order valence-electron chi connectivity index (χ2n) is 3.82. The van der Waals surface area contributed by atoms with Crippen molar-refractivity contribution in [2.75, 3.05) is 33.9 Å². The lowest BCUT2D eigenvalue weighted by Crippen LogP contribution is -2.29. The molecule has 0 saturated carbocycles. The molecular formula is C11H20N2O3S2. The van der Waals surface area contributed by atoms with Crippen LogP contribution < -0.4 is 5.32 Å². The van der Waals surface area contributed by atoms with Gasteiger partial charge in [-0.1, -0.05) is 6.92 Å². The number of nitrogens with one attached hydrogen (secondary N) is 1. The Morgan fingerprint density at radius 1 is 1.44 bits per heavy atom. The molecule has 7 heteroatoms. The number of likely N-dealkylation sites (N-methyl/N-ethyl adjacent to an activating group) is 1. The van der Waals surface area contributed by atoms with Gasteiger partial charge in [-0.3, -0.25) is 0 Å². The van der Waals surface area contributed by atoms with Gasteiger partial charge in [-0.25, -0.2) is 8.42 Å². The first-order valence-electron chi connectivity index (χ1n) is 5.77. The molecule has 104 valence electrons. The normalized spacial score (nSPS) is 12.2. The van der Waals surface area contributed by atoms with Gasteiger partial charge in [0.05, 0.1) is 6.61 Å². The quantitative estimate of drug-likeness (QED) is 0.780. The molecular weight excluding hydrogens is 272 g/mol. The zero-order valence-electron chi connectivity index (χ0n) is 11.0. The summed E-state index contributed by atoms with van der Waals surface area (Å²) in [6, 6.07) is 3.51. The van der Waals surface area contributed by atoms with E-state index in [1.54, 1.807) is 20.2 Å². The largest absolute Gasteiger partial charge is 0.383 e. The highest BCUT2D eigenvalue weighted by Gasteiger charge is 2.22. The minimum Gasteiger partial charge on any atom is -0.383 e. The van der Waals surface area contributed by atoms with Crippen LogP contribution in [0.25, 0.3) is 0 Å². The number of rotatable bonds is 8. The molecule has 0 fully saturated rings. The van der Waals surface area contributed by atoms with Gasteiger partial charge in [0.15, 0.2) is 0 Å². The summed E-state index contributed by atoms with van der Waals surface area (Å²) < 4.78 is 31.0. The van der Waals surface area contributed by atoms with Gasteiger partial charge >= 0.3 is 0 Å². The van der Waals surface area contributed by atoms with Crippen LogP contribution in [0.5, 0.6) is 0 Å². The van der Waals surface area contributed by atoms with Crippen molar-refractivity contribution in [3.8, 4) is 0 Å². The van der Waals surface area contributed by atoms with Crippen LogP contribution in [0.2, 0.25) is 0 Å². The van der Waals surface area contributed by atoms with Gasteiger partial charge in [-0.15, -0.1) is 11.3 Å². The molecule has 0 atom stereocenters. The third-order valence-electron chi connectivity index (χ3n) is 2.46. The van der Waals surface area contributed by atoms with Gasteiger partial charge in [-0.05, 0) is 18.7 Å². The van der Waals surface area contributed by atoms with Crippen LogP contribution in [0, 0.1) is 0 Å². The van der Waals surface area contributed by atoms with E-state index in [1.807, 2.05) is 13.0 Å². The fraction of sp³-hybridized carbons (Fsp3) is 0.636. The summed E-state index contributed by atoms with van der Waals surface area (Å²) >= 11 is 1.31. The third kappa shape index (κ3) is 4.03. The molecule has 0 aliphatic rings. The molecule has 18 heavy (non-hydrogen) atoms. The molecule has 1 N–H and O–H groups in total. The summed E-state index contributed by atoms with van der Waals surface area (Å²) in [4.78, 5) is 1.02. The van der Waals surface area contributed by atoms with Crippen molar-refractivity contribution in [1.29, 1.82) is 0 Å². The van der Waals surface area contributed by atoms with Crippen molar-refractivity contribution in [2.45, 2.75) is 17.7 Å². The standard InChI is InChI=1S/C11H20N2O3S2/c1-4-12-9-10-5-6-11(17-10)18(14,15)13(2)7-8-16-3/h5-6,12H,4,7-9H2,1-3H3. The Labute approximate surface area is 113 Å². The van der Waals surface area contributed by atoms with Crippen molar-refractivity contribution in [2.24, 2.45) is 0 Å². The minimum absolute atomic E-state index is 0.360. The van der Waals surface area contributed by atoms with E-state index in [0.717, 1.165) is 11.4 Å². The Balaban J connectivity index is 2.75. The van der Waals surface area contributed by atoms with Gasteiger partial charge < -0.3 is 10.1 Å². The van der Waals surface area contributed by atoms with Crippen LogP contribution in [0.4, 0.5) is 0 Å². The molecule has 0 bridgehead atoms. The molecule has 1 rings (SSSR count). The third-order valence-corrected chi connectivity index (χ3v) is 5.87. The van der Waals surface area contributed by atoms with Crippen LogP contribution in [0.1, 0.15) is 11.8 Å². The highest BCUT2D eigenvalue weighted by atomic mass is 32.2.